The van der Waals surface area contributed by atoms with E-state index in [2.05, 4.69) is 0 Å². The molecule has 0 saturated carbocycles. The van der Waals surface area contributed by atoms with Gasteiger partial charge in [-0.1, -0.05) is 48.5 Å². The van der Waals surface area contributed by atoms with Crippen molar-refractivity contribution < 1.29 is 19.8 Å². The molecule has 0 unspecified atom stereocenters. The molecule has 0 radical (unpaired) electrons. The zero-order valence-electron chi connectivity index (χ0n) is 16.2. The van der Waals surface area contributed by atoms with Crippen molar-refractivity contribution in [2.75, 3.05) is 0 Å². The molecule has 160 valence electrons. The highest BCUT2D eigenvalue weighted by molar-refractivity contribution is 5.95. The van der Waals surface area contributed by atoms with E-state index in [0.717, 1.165) is 11.1 Å². The number of carbonyl (C=O) groups is 2. The summed E-state index contributed by atoms with van der Waals surface area (Å²) in [6.45, 7) is 0. The number of carboxylic acids is 2. The van der Waals surface area contributed by atoms with Crippen LogP contribution in [0.2, 0.25) is 0 Å². The van der Waals surface area contributed by atoms with Gasteiger partial charge in [0.05, 0.1) is 0 Å². The molecular weight excluding hydrogens is 388 g/mol. The fourth-order valence-corrected chi connectivity index (χ4v) is 2.32. The molecule has 10 heteroatoms. The fourth-order valence-electron chi connectivity index (χ4n) is 2.32. The highest BCUT2D eigenvalue weighted by Crippen LogP contribution is 2.07. The van der Waals surface area contributed by atoms with Crippen LogP contribution in [0.3, 0.4) is 0 Å². The smallest absolute Gasteiger partial charge is 0.320 e. The number of nitrogen functional groups attached to an aromatic ring is 2. The summed E-state index contributed by atoms with van der Waals surface area (Å²) < 4.78 is 0. The molecule has 0 bridgehead atoms. The van der Waals surface area contributed by atoms with E-state index in [0.29, 0.717) is 11.1 Å². The summed E-state index contributed by atoms with van der Waals surface area (Å²) >= 11 is 0. The summed E-state index contributed by atoms with van der Waals surface area (Å²) in [5.41, 5.74) is 24.2. The molecule has 0 amide bonds. The molecule has 0 aliphatic carbocycles. The minimum atomic E-state index is -1.02. The number of hydrogen-bond acceptors (Lipinski definition) is 6. The number of nitrogens with two attached hydrogens (primary N) is 4. The predicted octanol–water partition coefficient (Wildman–Crippen LogP) is -0.150. The van der Waals surface area contributed by atoms with Gasteiger partial charge in [0, 0.05) is 11.1 Å². The molecular formula is C20H26N6O4. The van der Waals surface area contributed by atoms with Crippen molar-refractivity contribution in [3.05, 3.63) is 70.8 Å². The molecule has 0 aliphatic heterocycles. The first kappa shape index (κ1) is 24.3. The second kappa shape index (κ2) is 11.3. The van der Waals surface area contributed by atoms with E-state index < -0.39 is 24.0 Å². The Morgan fingerprint density at radius 3 is 1.17 bits per heavy atom. The third-order valence-corrected chi connectivity index (χ3v) is 4.08. The van der Waals surface area contributed by atoms with Gasteiger partial charge in [0.1, 0.15) is 23.8 Å². The van der Waals surface area contributed by atoms with Crippen molar-refractivity contribution in [2.45, 2.75) is 24.9 Å². The van der Waals surface area contributed by atoms with Gasteiger partial charge in [0.15, 0.2) is 0 Å². The monoisotopic (exact) mass is 414 g/mol. The standard InChI is InChI=1S/2C10H13N3O2/c2*11-8(10(14)15)5-6-1-3-7(4-2-6)9(12)13/h2*1-4,8H,5,11H2,(H3,12,13)(H,14,15)/t2*8-/m00/s1. The van der Waals surface area contributed by atoms with Gasteiger partial charge in [0.25, 0.3) is 0 Å². The van der Waals surface area contributed by atoms with Gasteiger partial charge in [-0.05, 0) is 24.0 Å². The highest BCUT2D eigenvalue weighted by atomic mass is 16.4. The van der Waals surface area contributed by atoms with Crippen LogP contribution in [0.25, 0.3) is 0 Å². The summed E-state index contributed by atoms with van der Waals surface area (Å²) in [6.07, 6.45) is 0.543. The molecule has 2 rings (SSSR count). The third-order valence-electron chi connectivity index (χ3n) is 4.08. The predicted molar refractivity (Wildman–Crippen MR) is 114 cm³/mol. The molecule has 10 nitrogen and oxygen atoms in total. The van der Waals surface area contributed by atoms with Crippen LogP contribution >= 0.6 is 0 Å². The first-order valence-electron chi connectivity index (χ1n) is 8.84. The lowest BCUT2D eigenvalue weighted by Gasteiger charge is -2.06. The zero-order valence-corrected chi connectivity index (χ0v) is 16.2. The Morgan fingerprint density at radius 1 is 0.700 bits per heavy atom. The molecule has 2 atom stereocenters. The molecule has 0 spiro atoms. The second-order valence-corrected chi connectivity index (χ2v) is 6.52. The van der Waals surface area contributed by atoms with Gasteiger partial charge < -0.3 is 33.1 Å². The van der Waals surface area contributed by atoms with Crippen LogP contribution < -0.4 is 22.9 Å². The van der Waals surface area contributed by atoms with Crippen LogP contribution in [0.5, 0.6) is 0 Å². The Kier molecular flexibility index (Phi) is 9.14. The number of hydrogen-bond donors (Lipinski definition) is 8. The maximum absolute atomic E-state index is 10.5. The highest BCUT2D eigenvalue weighted by Gasteiger charge is 2.12. The van der Waals surface area contributed by atoms with E-state index in [1.165, 1.54) is 0 Å². The van der Waals surface area contributed by atoms with E-state index in [-0.39, 0.29) is 24.5 Å². The van der Waals surface area contributed by atoms with Crippen molar-refractivity contribution >= 4 is 23.6 Å². The summed E-state index contributed by atoms with van der Waals surface area (Å²) in [4.78, 5) is 21.0. The first-order chi connectivity index (χ1) is 14.0. The number of carboxylic acid groups (broad SMARTS) is 2. The molecule has 0 fully saturated rings. The summed E-state index contributed by atoms with van der Waals surface area (Å²) in [7, 11) is 0. The largest absolute Gasteiger partial charge is 0.480 e. The SMILES string of the molecule is N=C(N)c1ccc(C[C@H](N)C(=O)O)cc1.N=C(N)c1ccc(C[C@H](N)C(=O)O)cc1. The van der Waals surface area contributed by atoms with Crippen LogP contribution in [0.4, 0.5) is 0 Å². The van der Waals surface area contributed by atoms with E-state index >= 15 is 0 Å². The van der Waals surface area contributed by atoms with Crippen molar-refractivity contribution in [3.8, 4) is 0 Å². The summed E-state index contributed by atoms with van der Waals surface area (Å²) in [5.74, 6) is -2.07. The lowest BCUT2D eigenvalue weighted by atomic mass is 10.0. The quantitative estimate of drug-likeness (QED) is 0.213. The third kappa shape index (κ3) is 8.09. The lowest BCUT2D eigenvalue weighted by Crippen LogP contribution is -2.32. The van der Waals surface area contributed by atoms with Gasteiger partial charge >= 0.3 is 11.9 Å². The topological polar surface area (TPSA) is 226 Å². The van der Waals surface area contributed by atoms with Crippen molar-refractivity contribution in [2.24, 2.45) is 22.9 Å². The van der Waals surface area contributed by atoms with Crippen LogP contribution in [0.1, 0.15) is 22.3 Å². The van der Waals surface area contributed by atoms with Crippen molar-refractivity contribution in [1.82, 2.24) is 0 Å². The minimum Gasteiger partial charge on any atom is -0.480 e. The number of aliphatic carboxylic acids is 2. The van der Waals surface area contributed by atoms with Crippen LogP contribution in [-0.4, -0.2) is 45.9 Å². The maximum atomic E-state index is 10.5. The Balaban J connectivity index is 0.000000300. The number of rotatable bonds is 8. The van der Waals surface area contributed by atoms with E-state index in [1.54, 1.807) is 48.5 Å². The molecule has 2 aromatic carbocycles. The average Bonchev–Trinajstić information content (AvgIpc) is 2.69. The number of benzene rings is 2. The first-order valence-corrected chi connectivity index (χ1v) is 8.84. The van der Waals surface area contributed by atoms with E-state index in [1.807, 2.05) is 0 Å². The molecule has 0 aliphatic rings. The normalized spacial score (nSPS) is 12.1. The van der Waals surface area contributed by atoms with E-state index in [9.17, 15) is 9.59 Å². The van der Waals surface area contributed by atoms with Crippen LogP contribution in [0.15, 0.2) is 48.5 Å². The number of nitrogens with one attached hydrogen (secondary N) is 2. The molecule has 0 saturated heterocycles. The Morgan fingerprint density at radius 2 is 0.967 bits per heavy atom. The fraction of sp³-hybridized carbons (Fsp3) is 0.200. The Hall–Kier alpha value is -3.76. The second-order valence-electron chi connectivity index (χ2n) is 6.52. The lowest BCUT2D eigenvalue weighted by molar-refractivity contribution is -0.139. The van der Waals surface area contributed by atoms with Gasteiger partial charge in [-0.3, -0.25) is 20.4 Å². The van der Waals surface area contributed by atoms with Gasteiger partial charge in [-0.25, -0.2) is 0 Å². The van der Waals surface area contributed by atoms with Gasteiger partial charge in [-0.15, -0.1) is 0 Å². The molecule has 12 N–H and O–H groups in total. The van der Waals surface area contributed by atoms with Gasteiger partial charge in [0.2, 0.25) is 0 Å². The Labute approximate surface area is 173 Å². The Bertz CT molecular complexity index is 821. The minimum absolute atomic E-state index is 0.0101. The average molecular weight is 414 g/mol. The molecule has 30 heavy (non-hydrogen) atoms. The van der Waals surface area contributed by atoms with Crippen LogP contribution in [0, 0.1) is 10.8 Å². The van der Waals surface area contributed by atoms with Crippen molar-refractivity contribution in [3.63, 3.8) is 0 Å². The van der Waals surface area contributed by atoms with E-state index in [4.69, 9.17) is 44.0 Å². The zero-order chi connectivity index (χ0) is 22.8. The van der Waals surface area contributed by atoms with Gasteiger partial charge in [-0.2, -0.15) is 0 Å². The molecule has 2 aromatic rings. The molecule has 0 heterocycles. The maximum Gasteiger partial charge on any atom is 0.320 e. The number of amidine groups is 2. The summed E-state index contributed by atoms with van der Waals surface area (Å²) in [5, 5.41) is 31.6. The van der Waals surface area contributed by atoms with Crippen LogP contribution in [-0.2, 0) is 22.4 Å². The van der Waals surface area contributed by atoms with Crippen molar-refractivity contribution in [1.29, 1.82) is 10.8 Å². The molecule has 0 aromatic heterocycles. The summed E-state index contributed by atoms with van der Waals surface area (Å²) in [6, 6.07) is 11.8.